The number of nitrogens with zero attached hydrogens (tertiary/aromatic N) is 3. The monoisotopic (exact) mass is 366 g/mol. The summed E-state index contributed by atoms with van der Waals surface area (Å²) in [4.78, 5) is 35.3. The molecule has 1 aromatic carbocycles. The number of likely N-dealkylation sites (tertiary alicyclic amines) is 1. The highest BCUT2D eigenvalue weighted by atomic mass is 16.2. The van der Waals surface area contributed by atoms with Crippen molar-refractivity contribution in [1.82, 2.24) is 14.9 Å². The molecule has 0 bridgehead atoms. The van der Waals surface area contributed by atoms with E-state index >= 15 is 0 Å². The molecular weight excluding hydrogens is 340 g/mol. The van der Waals surface area contributed by atoms with Crippen LogP contribution in [0.15, 0.2) is 30.3 Å². The zero-order valence-electron chi connectivity index (χ0n) is 16.2. The maximum atomic E-state index is 13.0. The Morgan fingerprint density at radius 2 is 2.04 bits per heavy atom. The van der Waals surface area contributed by atoms with Crippen LogP contribution in [0.3, 0.4) is 0 Å². The fourth-order valence-electron chi connectivity index (χ4n) is 3.54. The Balaban J connectivity index is 1.85. The minimum Gasteiger partial charge on any atom is -0.340 e. The normalized spacial score (nSPS) is 16.9. The Morgan fingerprint density at radius 3 is 2.78 bits per heavy atom. The molecule has 1 aromatic heterocycles. The lowest BCUT2D eigenvalue weighted by Gasteiger charge is -2.35. The van der Waals surface area contributed by atoms with Gasteiger partial charge in [0.15, 0.2) is 5.78 Å². The van der Waals surface area contributed by atoms with E-state index in [0.717, 1.165) is 31.5 Å². The number of nitrogens with one attached hydrogen (secondary N) is 1. The zero-order chi connectivity index (χ0) is 19.4. The highest BCUT2D eigenvalue weighted by Gasteiger charge is 2.27. The Labute approximate surface area is 160 Å². The predicted octanol–water partition coefficient (Wildman–Crippen LogP) is 4.14. The van der Waals surface area contributed by atoms with E-state index in [9.17, 15) is 9.59 Å². The number of aryl methyl sites for hydroxylation is 1. The molecule has 2 heterocycles. The first-order valence-electron chi connectivity index (χ1n) is 9.52. The molecule has 1 fully saturated rings. The van der Waals surface area contributed by atoms with Crippen LogP contribution in [-0.4, -0.2) is 39.1 Å². The van der Waals surface area contributed by atoms with Crippen LogP contribution in [0.1, 0.15) is 66.2 Å². The van der Waals surface area contributed by atoms with E-state index in [1.54, 1.807) is 25.1 Å². The second-order valence-corrected chi connectivity index (χ2v) is 7.00. The minimum absolute atomic E-state index is 0.00379. The summed E-state index contributed by atoms with van der Waals surface area (Å²) in [5, 5.41) is 3.19. The molecule has 1 amide bonds. The molecule has 2 aromatic rings. The number of benzene rings is 1. The van der Waals surface area contributed by atoms with Gasteiger partial charge >= 0.3 is 0 Å². The largest absolute Gasteiger partial charge is 0.340 e. The summed E-state index contributed by atoms with van der Waals surface area (Å²) < 4.78 is 0. The van der Waals surface area contributed by atoms with Crippen LogP contribution in [0.25, 0.3) is 0 Å². The highest BCUT2D eigenvalue weighted by Crippen LogP contribution is 2.23. The summed E-state index contributed by atoms with van der Waals surface area (Å²) in [6.45, 7) is 6.22. The smallest absolute Gasteiger partial charge is 0.272 e. The molecule has 1 atom stereocenters. The van der Waals surface area contributed by atoms with Crippen molar-refractivity contribution < 1.29 is 9.59 Å². The summed E-state index contributed by atoms with van der Waals surface area (Å²) in [6.07, 6.45) is 4.22. The standard InChI is InChI=1S/C21H26N4O2/c1-4-18-10-5-6-11-25(18)21(27)19-13-20(23-15(3)22-19)24-17-9-7-8-16(12-17)14(2)26/h7-9,12-13,18H,4-6,10-11H2,1-3H3,(H,22,23,24). The predicted molar refractivity (Wildman–Crippen MR) is 105 cm³/mol. The SMILES string of the molecule is CCC1CCCCN1C(=O)c1cc(Nc2cccc(C(C)=O)c2)nc(C)n1. The van der Waals surface area contributed by atoms with Gasteiger partial charge in [-0.15, -0.1) is 0 Å². The number of ketones is 1. The fourth-order valence-corrected chi connectivity index (χ4v) is 3.54. The summed E-state index contributed by atoms with van der Waals surface area (Å²) in [7, 11) is 0. The van der Waals surface area contributed by atoms with Crippen LogP contribution >= 0.6 is 0 Å². The lowest BCUT2D eigenvalue weighted by Crippen LogP contribution is -2.43. The molecule has 27 heavy (non-hydrogen) atoms. The van der Waals surface area contributed by atoms with Gasteiger partial charge in [0.2, 0.25) is 0 Å². The van der Waals surface area contributed by atoms with Crippen molar-refractivity contribution in [2.75, 3.05) is 11.9 Å². The van der Waals surface area contributed by atoms with Crippen LogP contribution in [0.4, 0.5) is 11.5 Å². The number of Topliss-reactive ketones (excluding diaryl/α,β-unsaturated/α-hetero) is 1. The molecule has 1 saturated heterocycles. The first-order chi connectivity index (χ1) is 13.0. The van der Waals surface area contributed by atoms with Crippen molar-refractivity contribution in [3.63, 3.8) is 0 Å². The Kier molecular flexibility index (Phi) is 5.84. The van der Waals surface area contributed by atoms with E-state index < -0.39 is 0 Å². The van der Waals surface area contributed by atoms with Crippen molar-refractivity contribution in [2.24, 2.45) is 0 Å². The van der Waals surface area contributed by atoms with Gasteiger partial charge in [0.05, 0.1) is 0 Å². The molecular formula is C21H26N4O2. The third-order valence-electron chi connectivity index (χ3n) is 4.96. The molecule has 1 aliphatic heterocycles. The maximum Gasteiger partial charge on any atom is 0.272 e. The van der Waals surface area contributed by atoms with Crippen molar-refractivity contribution >= 4 is 23.2 Å². The molecule has 6 nitrogen and oxygen atoms in total. The molecule has 0 aliphatic carbocycles. The van der Waals surface area contributed by atoms with Gasteiger partial charge in [-0.3, -0.25) is 9.59 Å². The van der Waals surface area contributed by atoms with Gasteiger partial charge in [-0.05, 0) is 51.7 Å². The fraction of sp³-hybridized carbons (Fsp3) is 0.429. The number of hydrogen-bond donors (Lipinski definition) is 1. The van der Waals surface area contributed by atoms with Gasteiger partial charge in [0.25, 0.3) is 5.91 Å². The third kappa shape index (κ3) is 4.51. The first-order valence-corrected chi connectivity index (χ1v) is 9.52. The topological polar surface area (TPSA) is 75.2 Å². The average Bonchev–Trinajstić information content (AvgIpc) is 2.67. The Bertz CT molecular complexity index is 850. The number of hydrogen-bond acceptors (Lipinski definition) is 5. The van der Waals surface area contributed by atoms with E-state index in [2.05, 4.69) is 22.2 Å². The van der Waals surface area contributed by atoms with Crippen LogP contribution in [0.5, 0.6) is 0 Å². The first kappa shape index (κ1) is 19.0. The van der Waals surface area contributed by atoms with E-state index in [0.29, 0.717) is 22.9 Å². The number of carbonyl (C=O) groups excluding carboxylic acids is 2. The molecule has 3 rings (SSSR count). The van der Waals surface area contributed by atoms with Crippen molar-refractivity contribution in [3.05, 3.63) is 47.4 Å². The summed E-state index contributed by atoms with van der Waals surface area (Å²) >= 11 is 0. The Hall–Kier alpha value is -2.76. The molecule has 0 radical (unpaired) electrons. The molecule has 1 unspecified atom stereocenters. The van der Waals surface area contributed by atoms with Gasteiger partial charge in [0, 0.05) is 29.9 Å². The van der Waals surface area contributed by atoms with Crippen molar-refractivity contribution in [3.8, 4) is 0 Å². The highest BCUT2D eigenvalue weighted by molar-refractivity contribution is 5.95. The maximum absolute atomic E-state index is 13.0. The van der Waals surface area contributed by atoms with Gasteiger partial charge in [-0.1, -0.05) is 19.1 Å². The number of rotatable bonds is 5. The van der Waals surface area contributed by atoms with Crippen LogP contribution in [0.2, 0.25) is 0 Å². The van der Waals surface area contributed by atoms with Gasteiger partial charge < -0.3 is 10.2 Å². The summed E-state index contributed by atoms with van der Waals surface area (Å²) in [5.74, 6) is 1.06. The minimum atomic E-state index is -0.0346. The quantitative estimate of drug-likeness (QED) is 0.805. The zero-order valence-corrected chi connectivity index (χ0v) is 16.2. The third-order valence-corrected chi connectivity index (χ3v) is 4.96. The van der Waals surface area contributed by atoms with Gasteiger partial charge in [-0.25, -0.2) is 9.97 Å². The van der Waals surface area contributed by atoms with E-state index in [1.165, 1.54) is 13.3 Å². The molecule has 1 aliphatic rings. The Morgan fingerprint density at radius 1 is 1.22 bits per heavy atom. The van der Waals surface area contributed by atoms with Crippen LogP contribution in [-0.2, 0) is 0 Å². The van der Waals surface area contributed by atoms with Gasteiger partial charge in [0.1, 0.15) is 17.3 Å². The molecule has 142 valence electrons. The van der Waals surface area contributed by atoms with E-state index in [4.69, 9.17) is 0 Å². The van der Waals surface area contributed by atoms with E-state index in [-0.39, 0.29) is 17.7 Å². The van der Waals surface area contributed by atoms with Crippen molar-refractivity contribution in [1.29, 1.82) is 0 Å². The lowest BCUT2D eigenvalue weighted by molar-refractivity contribution is 0.0601. The number of amides is 1. The van der Waals surface area contributed by atoms with E-state index in [1.807, 2.05) is 17.0 Å². The second-order valence-electron chi connectivity index (χ2n) is 7.00. The summed E-state index contributed by atoms with van der Waals surface area (Å²) in [6, 6.07) is 9.21. The molecule has 0 saturated carbocycles. The molecule has 0 spiro atoms. The number of anilines is 2. The number of piperidine rings is 1. The number of carbonyl (C=O) groups is 2. The average molecular weight is 366 g/mol. The lowest BCUT2D eigenvalue weighted by atomic mass is 9.99. The number of aromatic nitrogens is 2. The molecule has 1 N–H and O–H groups in total. The van der Waals surface area contributed by atoms with Crippen molar-refractivity contribution in [2.45, 2.75) is 52.5 Å². The molecule has 6 heteroatoms. The van der Waals surface area contributed by atoms with Gasteiger partial charge in [-0.2, -0.15) is 0 Å². The summed E-state index contributed by atoms with van der Waals surface area (Å²) in [5.41, 5.74) is 1.79. The van der Waals surface area contributed by atoms with Crippen LogP contribution < -0.4 is 5.32 Å². The van der Waals surface area contributed by atoms with Crippen LogP contribution in [0, 0.1) is 6.92 Å². The second kappa shape index (κ2) is 8.29.